The third-order valence-corrected chi connectivity index (χ3v) is 5.73. The first kappa shape index (κ1) is 20.6. The normalized spacial score (nSPS) is 14.9. The molecule has 0 unspecified atom stereocenters. The van der Waals surface area contributed by atoms with Crippen LogP contribution >= 0.6 is 23.2 Å². The van der Waals surface area contributed by atoms with Crippen LogP contribution in [-0.4, -0.2) is 40.6 Å². The number of nitrogens with two attached hydrogens (primary N) is 1. The van der Waals surface area contributed by atoms with Crippen LogP contribution in [0.15, 0.2) is 36.7 Å². The summed E-state index contributed by atoms with van der Waals surface area (Å²) < 4.78 is 19.3. The average Bonchev–Trinajstić information content (AvgIpc) is 2.67. The lowest BCUT2D eigenvalue weighted by Gasteiger charge is -2.35. The lowest BCUT2D eigenvalue weighted by molar-refractivity contribution is 0.174. The smallest absolute Gasteiger partial charge is 0.408 e. The van der Waals surface area contributed by atoms with Gasteiger partial charge in [-0.25, -0.2) is 19.2 Å². The molecule has 0 bridgehead atoms. The van der Waals surface area contributed by atoms with E-state index >= 15 is 0 Å². The third kappa shape index (κ3) is 4.26. The summed E-state index contributed by atoms with van der Waals surface area (Å²) in [7, 11) is 0. The van der Waals surface area contributed by atoms with Gasteiger partial charge in [0.25, 0.3) is 0 Å². The second kappa shape index (κ2) is 8.59. The van der Waals surface area contributed by atoms with Crippen molar-refractivity contribution < 1.29 is 13.9 Å². The molecule has 1 saturated heterocycles. The summed E-state index contributed by atoms with van der Waals surface area (Å²) in [4.78, 5) is 22.0. The molecule has 0 saturated carbocycles. The first-order valence-electron chi connectivity index (χ1n) is 9.26. The summed E-state index contributed by atoms with van der Waals surface area (Å²) in [5.74, 6) is 0.150. The Morgan fingerprint density at radius 2 is 2.10 bits per heavy atom. The van der Waals surface area contributed by atoms with Crippen LogP contribution in [0.3, 0.4) is 0 Å². The molecule has 0 radical (unpaired) electrons. The molecule has 0 spiro atoms. The van der Waals surface area contributed by atoms with Crippen LogP contribution < -0.4 is 15.8 Å². The van der Waals surface area contributed by atoms with E-state index in [9.17, 15) is 9.18 Å². The number of benzene rings is 2. The molecule has 2 heterocycles. The first-order valence-corrected chi connectivity index (χ1v) is 10.0. The number of aromatic nitrogens is 2. The van der Waals surface area contributed by atoms with Gasteiger partial charge in [-0.1, -0.05) is 29.3 Å². The van der Waals surface area contributed by atoms with E-state index in [0.717, 1.165) is 19.5 Å². The summed E-state index contributed by atoms with van der Waals surface area (Å²) in [6.07, 6.45) is 1.54. The Balaban J connectivity index is 1.72. The number of likely N-dealkylation sites (tertiary alicyclic amines) is 1. The number of hydrogen-bond donors (Lipinski definition) is 2. The van der Waals surface area contributed by atoms with Crippen molar-refractivity contribution in [2.75, 3.05) is 25.0 Å². The zero-order chi connectivity index (χ0) is 21.3. The SMILES string of the molecule is NC(=O)Oc1cccc2c(N[C@H](CN3CCC3)c3cc(F)c(Cl)c(Cl)c3)ncnc12. The Bertz CT molecular complexity index is 1090. The van der Waals surface area contributed by atoms with Gasteiger partial charge in [-0.2, -0.15) is 0 Å². The topological polar surface area (TPSA) is 93.4 Å². The van der Waals surface area contributed by atoms with Crippen molar-refractivity contribution >= 4 is 46.0 Å². The summed E-state index contributed by atoms with van der Waals surface area (Å²) in [6.45, 7) is 2.55. The lowest BCUT2D eigenvalue weighted by Crippen LogP contribution is -2.41. The number of primary amides is 1. The Hall–Kier alpha value is -2.68. The van der Waals surface area contributed by atoms with Gasteiger partial charge in [0.15, 0.2) is 5.75 Å². The third-order valence-electron chi connectivity index (χ3n) is 4.95. The number of anilines is 1. The van der Waals surface area contributed by atoms with E-state index < -0.39 is 11.9 Å². The van der Waals surface area contributed by atoms with E-state index in [4.69, 9.17) is 33.7 Å². The molecule has 1 atom stereocenters. The summed E-state index contributed by atoms with van der Waals surface area (Å²) in [5, 5.41) is 4.03. The molecular formula is C20H18Cl2FN5O2. The highest BCUT2D eigenvalue weighted by Crippen LogP contribution is 2.33. The van der Waals surface area contributed by atoms with Gasteiger partial charge in [0, 0.05) is 11.9 Å². The van der Waals surface area contributed by atoms with Crippen molar-refractivity contribution in [2.24, 2.45) is 5.73 Å². The molecule has 10 heteroatoms. The first-order chi connectivity index (χ1) is 14.4. The molecule has 1 amide bonds. The van der Waals surface area contributed by atoms with Crippen LogP contribution in [-0.2, 0) is 0 Å². The van der Waals surface area contributed by atoms with Gasteiger partial charge >= 0.3 is 6.09 Å². The molecule has 1 aliphatic rings. The predicted molar refractivity (Wildman–Crippen MR) is 114 cm³/mol. The Kier molecular flexibility index (Phi) is 5.90. The monoisotopic (exact) mass is 449 g/mol. The van der Waals surface area contributed by atoms with E-state index in [1.54, 1.807) is 24.3 Å². The van der Waals surface area contributed by atoms with Crippen LogP contribution in [0.25, 0.3) is 10.9 Å². The quantitative estimate of drug-likeness (QED) is 0.541. The standard InChI is InChI=1S/C20H18Cl2FN5O2/c21-13-7-11(8-14(23)17(13)22)15(9-28-5-2-6-28)27-19-12-3-1-4-16(30-20(24)29)18(12)25-10-26-19/h1,3-4,7-8,10,15H,2,5-6,9H2,(H2,24,29)(H,25,26,27)/t15-/m1/s1. The molecule has 156 valence electrons. The van der Waals surface area contributed by atoms with Crippen molar-refractivity contribution in [2.45, 2.75) is 12.5 Å². The molecule has 1 aliphatic heterocycles. The summed E-state index contributed by atoms with van der Waals surface area (Å²) in [5.41, 5.74) is 6.21. The molecule has 0 aliphatic carbocycles. The molecule has 3 aromatic rings. The van der Waals surface area contributed by atoms with E-state index in [1.807, 2.05) is 0 Å². The number of rotatable bonds is 6. The number of para-hydroxylation sites is 1. The molecule has 4 rings (SSSR count). The highest BCUT2D eigenvalue weighted by molar-refractivity contribution is 6.42. The van der Waals surface area contributed by atoms with Gasteiger partial charge in [-0.15, -0.1) is 0 Å². The van der Waals surface area contributed by atoms with E-state index in [-0.39, 0.29) is 21.8 Å². The van der Waals surface area contributed by atoms with E-state index in [1.165, 1.54) is 12.4 Å². The zero-order valence-corrected chi connectivity index (χ0v) is 17.3. The number of carbonyl (C=O) groups excluding carboxylic acids is 1. The largest absolute Gasteiger partial charge is 0.410 e. The molecular weight excluding hydrogens is 432 g/mol. The maximum Gasteiger partial charge on any atom is 0.410 e. The van der Waals surface area contributed by atoms with Crippen LogP contribution in [0, 0.1) is 5.82 Å². The molecule has 7 nitrogen and oxygen atoms in total. The van der Waals surface area contributed by atoms with Gasteiger partial charge in [-0.3, -0.25) is 0 Å². The molecule has 30 heavy (non-hydrogen) atoms. The number of halogens is 3. The molecule has 1 aromatic heterocycles. The number of amides is 1. The minimum absolute atomic E-state index is 0.108. The number of nitrogens with one attached hydrogen (secondary N) is 1. The minimum atomic E-state index is -0.933. The minimum Gasteiger partial charge on any atom is -0.408 e. The fourth-order valence-corrected chi connectivity index (χ4v) is 3.69. The number of ether oxygens (including phenoxy) is 1. The van der Waals surface area contributed by atoms with Crippen LogP contribution in [0.2, 0.25) is 10.0 Å². The second-order valence-corrected chi connectivity index (χ2v) is 7.73. The van der Waals surface area contributed by atoms with Crippen LogP contribution in [0.4, 0.5) is 15.0 Å². The van der Waals surface area contributed by atoms with Crippen molar-refractivity contribution in [3.8, 4) is 5.75 Å². The average molecular weight is 450 g/mol. The maximum atomic E-state index is 14.3. The highest BCUT2D eigenvalue weighted by atomic mass is 35.5. The summed E-state index contributed by atoms with van der Waals surface area (Å²) >= 11 is 12.0. The van der Waals surface area contributed by atoms with Crippen LogP contribution in [0.5, 0.6) is 5.75 Å². The molecule has 2 aromatic carbocycles. The van der Waals surface area contributed by atoms with Crippen molar-refractivity contribution in [3.05, 3.63) is 58.1 Å². The van der Waals surface area contributed by atoms with E-state index in [0.29, 0.717) is 28.8 Å². The Labute approximate surface area is 181 Å². The second-order valence-electron chi connectivity index (χ2n) is 6.95. The van der Waals surface area contributed by atoms with Crippen molar-refractivity contribution in [1.82, 2.24) is 14.9 Å². The van der Waals surface area contributed by atoms with Gasteiger partial charge in [-0.05, 0) is 49.3 Å². The summed E-state index contributed by atoms with van der Waals surface area (Å²) in [6, 6.07) is 7.80. The van der Waals surface area contributed by atoms with Crippen molar-refractivity contribution in [1.29, 1.82) is 0 Å². The zero-order valence-electron chi connectivity index (χ0n) is 15.7. The maximum absolute atomic E-state index is 14.3. The number of hydrogen-bond acceptors (Lipinski definition) is 6. The lowest BCUT2D eigenvalue weighted by atomic mass is 10.0. The number of carbonyl (C=O) groups is 1. The fraction of sp³-hybridized carbons (Fsp3) is 0.250. The van der Waals surface area contributed by atoms with Gasteiger partial charge in [0.05, 0.1) is 16.1 Å². The predicted octanol–water partition coefficient (Wildman–Crippen LogP) is 4.39. The van der Waals surface area contributed by atoms with Gasteiger partial charge < -0.3 is 20.7 Å². The van der Waals surface area contributed by atoms with Gasteiger partial charge in [0.1, 0.15) is 23.5 Å². The van der Waals surface area contributed by atoms with Gasteiger partial charge in [0.2, 0.25) is 0 Å². The fourth-order valence-electron chi connectivity index (χ4n) is 3.36. The van der Waals surface area contributed by atoms with Crippen LogP contribution in [0.1, 0.15) is 18.0 Å². The molecule has 1 fully saturated rings. The Morgan fingerprint density at radius 3 is 2.77 bits per heavy atom. The number of fused-ring (bicyclic) bond motifs is 1. The highest BCUT2D eigenvalue weighted by Gasteiger charge is 2.23. The van der Waals surface area contributed by atoms with Crippen molar-refractivity contribution in [3.63, 3.8) is 0 Å². The molecule has 3 N–H and O–H groups in total. The van der Waals surface area contributed by atoms with E-state index in [2.05, 4.69) is 20.2 Å². The Morgan fingerprint density at radius 1 is 1.30 bits per heavy atom. The number of nitrogens with zero attached hydrogens (tertiary/aromatic N) is 3.